The monoisotopic (exact) mass is 263 g/mol. The molecule has 1 fully saturated rings. The van der Waals surface area contributed by atoms with Gasteiger partial charge in [0.15, 0.2) is 6.61 Å². The molecule has 0 aliphatic heterocycles. The molecule has 0 radical (unpaired) electrons. The zero-order valence-electron chi connectivity index (χ0n) is 11.3. The lowest BCUT2D eigenvalue weighted by Gasteiger charge is -2.14. The minimum atomic E-state index is -0.550. The van der Waals surface area contributed by atoms with E-state index >= 15 is 0 Å². The first-order chi connectivity index (χ1) is 9.20. The molecule has 1 aromatic rings. The van der Waals surface area contributed by atoms with Crippen LogP contribution in [0.1, 0.15) is 37.9 Å². The maximum Gasteiger partial charge on any atom is 0.257 e. The maximum absolute atomic E-state index is 11.6. The summed E-state index contributed by atoms with van der Waals surface area (Å²) in [6, 6.07) is 7.30. The van der Waals surface area contributed by atoms with E-state index in [-0.39, 0.29) is 12.5 Å². The summed E-state index contributed by atoms with van der Waals surface area (Å²) in [7, 11) is 0. The van der Waals surface area contributed by atoms with Gasteiger partial charge in [0, 0.05) is 12.1 Å². The molecule has 0 spiro atoms. The van der Waals surface area contributed by atoms with E-state index in [1.165, 1.54) is 12.8 Å². The van der Waals surface area contributed by atoms with Gasteiger partial charge in [-0.2, -0.15) is 0 Å². The summed E-state index contributed by atoms with van der Waals surface area (Å²) in [5.74, 6) is 1.14. The summed E-state index contributed by atoms with van der Waals surface area (Å²) < 4.78 is 5.50. The highest BCUT2D eigenvalue weighted by atomic mass is 16.5. The number of para-hydroxylation sites is 1. The van der Waals surface area contributed by atoms with Crippen LogP contribution in [0.15, 0.2) is 24.3 Å². The van der Waals surface area contributed by atoms with Crippen LogP contribution in [0.2, 0.25) is 0 Å². The van der Waals surface area contributed by atoms with E-state index in [9.17, 15) is 9.90 Å². The van der Waals surface area contributed by atoms with E-state index in [0.717, 1.165) is 12.1 Å². The number of amides is 1. The van der Waals surface area contributed by atoms with Gasteiger partial charge in [0.05, 0.1) is 6.10 Å². The maximum atomic E-state index is 11.6. The standard InChI is InChI=1S/C15H21NO3/c1-2-13(17)12-5-3-4-6-14(12)19-10-15(18)16-9-11-7-8-11/h3-6,11,13,17H,2,7-10H2,1H3,(H,16,18)/t13-/m0/s1. The Hall–Kier alpha value is -1.55. The quantitative estimate of drug-likeness (QED) is 0.791. The van der Waals surface area contributed by atoms with Crippen LogP contribution in [0.3, 0.4) is 0 Å². The van der Waals surface area contributed by atoms with Crippen LogP contribution in [0, 0.1) is 5.92 Å². The topological polar surface area (TPSA) is 58.6 Å². The highest BCUT2D eigenvalue weighted by molar-refractivity contribution is 5.77. The first-order valence-corrected chi connectivity index (χ1v) is 6.87. The Labute approximate surface area is 113 Å². The Morgan fingerprint density at radius 3 is 2.89 bits per heavy atom. The predicted molar refractivity (Wildman–Crippen MR) is 72.9 cm³/mol. The molecule has 4 heteroatoms. The minimum Gasteiger partial charge on any atom is -0.483 e. The number of benzene rings is 1. The number of hydrogen-bond donors (Lipinski definition) is 2. The van der Waals surface area contributed by atoms with Crippen molar-refractivity contribution in [2.24, 2.45) is 5.92 Å². The molecule has 1 aliphatic rings. The second-order valence-corrected chi connectivity index (χ2v) is 5.00. The molecule has 104 valence electrons. The van der Waals surface area contributed by atoms with E-state index in [4.69, 9.17) is 4.74 Å². The van der Waals surface area contributed by atoms with E-state index in [1.54, 1.807) is 6.07 Å². The zero-order chi connectivity index (χ0) is 13.7. The number of aliphatic hydroxyl groups excluding tert-OH is 1. The fraction of sp³-hybridized carbons (Fsp3) is 0.533. The van der Waals surface area contributed by atoms with Crippen molar-refractivity contribution in [3.8, 4) is 5.75 Å². The van der Waals surface area contributed by atoms with Crippen molar-refractivity contribution in [3.05, 3.63) is 29.8 Å². The molecule has 2 N–H and O–H groups in total. The third kappa shape index (κ3) is 4.24. The van der Waals surface area contributed by atoms with E-state index < -0.39 is 6.10 Å². The van der Waals surface area contributed by atoms with Crippen LogP contribution in [0.25, 0.3) is 0 Å². The largest absolute Gasteiger partial charge is 0.483 e. The second-order valence-electron chi connectivity index (χ2n) is 5.00. The predicted octanol–water partition coefficient (Wildman–Crippen LogP) is 2.04. The number of carbonyl (C=O) groups excluding carboxylic acids is 1. The molecule has 1 aromatic carbocycles. The fourth-order valence-electron chi connectivity index (χ4n) is 1.88. The van der Waals surface area contributed by atoms with Crippen LogP contribution in [-0.2, 0) is 4.79 Å². The number of aliphatic hydroxyl groups is 1. The molecule has 1 atom stereocenters. The third-order valence-electron chi connectivity index (χ3n) is 3.31. The van der Waals surface area contributed by atoms with Gasteiger partial charge in [-0.3, -0.25) is 4.79 Å². The smallest absolute Gasteiger partial charge is 0.257 e. The van der Waals surface area contributed by atoms with Crippen LogP contribution < -0.4 is 10.1 Å². The molecule has 0 aromatic heterocycles. The molecule has 2 rings (SSSR count). The van der Waals surface area contributed by atoms with Crippen molar-refractivity contribution in [2.45, 2.75) is 32.3 Å². The van der Waals surface area contributed by atoms with E-state index in [2.05, 4.69) is 5.32 Å². The molecule has 19 heavy (non-hydrogen) atoms. The molecule has 0 heterocycles. The Bertz CT molecular complexity index is 429. The number of hydrogen-bond acceptors (Lipinski definition) is 3. The van der Waals surface area contributed by atoms with Gasteiger partial charge in [-0.15, -0.1) is 0 Å². The minimum absolute atomic E-state index is 0.000166. The SMILES string of the molecule is CC[C@H](O)c1ccccc1OCC(=O)NCC1CC1. The summed E-state index contributed by atoms with van der Waals surface area (Å²) in [4.78, 5) is 11.6. The lowest BCUT2D eigenvalue weighted by Crippen LogP contribution is -2.30. The van der Waals surface area contributed by atoms with Crippen molar-refractivity contribution in [1.29, 1.82) is 0 Å². The Balaban J connectivity index is 1.85. The highest BCUT2D eigenvalue weighted by Gasteiger charge is 2.21. The van der Waals surface area contributed by atoms with Crippen LogP contribution >= 0.6 is 0 Å². The lowest BCUT2D eigenvalue weighted by molar-refractivity contribution is -0.123. The molecule has 1 amide bonds. The number of rotatable bonds is 7. The number of carbonyl (C=O) groups is 1. The summed E-state index contributed by atoms with van der Waals surface area (Å²) >= 11 is 0. The first-order valence-electron chi connectivity index (χ1n) is 6.87. The van der Waals surface area contributed by atoms with E-state index in [0.29, 0.717) is 18.1 Å². The average molecular weight is 263 g/mol. The van der Waals surface area contributed by atoms with Crippen molar-refractivity contribution >= 4 is 5.91 Å². The Kier molecular flexibility index (Phi) is 4.80. The average Bonchev–Trinajstić information content (AvgIpc) is 3.26. The highest BCUT2D eigenvalue weighted by Crippen LogP contribution is 2.28. The van der Waals surface area contributed by atoms with Gasteiger partial charge in [-0.1, -0.05) is 25.1 Å². The van der Waals surface area contributed by atoms with Crippen molar-refractivity contribution in [3.63, 3.8) is 0 Å². The molecule has 0 unspecified atom stereocenters. The summed E-state index contributed by atoms with van der Waals surface area (Å²) in [6.45, 7) is 2.66. The zero-order valence-corrected chi connectivity index (χ0v) is 11.3. The van der Waals surface area contributed by atoms with Gasteiger partial charge in [0.25, 0.3) is 5.91 Å². The number of ether oxygens (including phenoxy) is 1. The molecule has 0 bridgehead atoms. The first kappa shape index (κ1) is 13.9. The molecule has 0 saturated heterocycles. The third-order valence-corrected chi connectivity index (χ3v) is 3.31. The molecule has 4 nitrogen and oxygen atoms in total. The Morgan fingerprint density at radius 2 is 2.21 bits per heavy atom. The van der Waals surface area contributed by atoms with E-state index in [1.807, 2.05) is 25.1 Å². The van der Waals surface area contributed by atoms with Gasteiger partial charge in [0.1, 0.15) is 5.75 Å². The summed E-state index contributed by atoms with van der Waals surface area (Å²) in [5.41, 5.74) is 0.736. The summed E-state index contributed by atoms with van der Waals surface area (Å²) in [5, 5.41) is 12.7. The normalized spacial score (nSPS) is 15.9. The molecular formula is C15H21NO3. The number of nitrogens with one attached hydrogen (secondary N) is 1. The molecule has 1 aliphatic carbocycles. The van der Waals surface area contributed by atoms with Gasteiger partial charge in [0.2, 0.25) is 0 Å². The molecule has 1 saturated carbocycles. The van der Waals surface area contributed by atoms with Gasteiger partial charge in [-0.05, 0) is 31.2 Å². The van der Waals surface area contributed by atoms with Crippen LogP contribution in [0.4, 0.5) is 0 Å². The van der Waals surface area contributed by atoms with Gasteiger partial charge < -0.3 is 15.2 Å². The van der Waals surface area contributed by atoms with Crippen molar-refractivity contribution in [2.75, 3.05) is 13.2 Å². The summed E-state index contributed by atoms with van der Waals surface area (Å²) in [6.07, 6.45) is 2.50. The van der Waals surface area contributed by atoms with Crippen molar-refractivity contribution in [1.82, 2.24) is 5.32 Å². The van der Waals surface area contributed by atoms with Crippen LogP contribution in [0.5, 0.6) is 5.75 Å². The lowest BCUT2D eigenvalue weighted by atomic mass is 10.1. The molecular weight excluding hydrogens is 242 g/mol. The van der Waals surface area contributed by atoms with Gasteiger partial charge >= 0.3 is 0 Å². The van der Waals surface area contributed by atoms with Crippen LogP contribution in [-0.4, -0.2) is 24.2 Å². The fourth-order valence-corrected chi connectivity index (χ4v) is 1.88. The second kappa shape index (κ2) is 6.57. The van der Waals surface area contributed by atoms with Gasteiger partial charge in [-0.25, -0.2) is 0 Å². The van der Waals surface area contributed by atoms with Crippen molar-refractivity contribution < 1.29 is 14.6 Å². The Morgan fingerprint density at radius 1 is 1.47 bits per heavy atom.